The highest BCUT2D eigenvalue weighted by atomic mass is 16.5. The van der Waals surface area contributed by atoms with Crippen LogP contribution in [0.4, 0.5) is 11.8 Å². The number of hydrogen-bond acceptors (Lipinski definition) is 7. The molecular formula is C25H24N6O2. The predicted molar refractivity (Wildman–Crippen MR) is 130 cm³/mol. The van der Waals surface area contributed by atoms with Gasteiger partial charge in [-0.15, -0.1) is 5.10 Å². The van der Waals surface area contributed by atoms with Gasteiger partial charge in [-0.1, -0.05) is 60.7 Å². The molecule has 0 saturated heterocycles. The first kappa shape index (κ1) is 21.6. The first-order valence-electron chi connectivity index (χ1n) is 10.2. The Balaban J connectivity index is 0.000000160. The summed E-state index contributed by atoms with van der Waals surface area (Å²) in [6.07, 6.45) is 0. The number of nitrogens with two attached hydrogens (primary N) is 2. The van der Waals surface area contributed by atoms with E-state index in [2.05, 4.69) is 15.1 Å². The zero-order valence-corrected chi connectivity index (χ0v) is 18.3. The third-order valence-electron chi connectivity index (χ3n) is 4.95. The molecule has 8 heteroatoms. The van der Waals surface area contributed by atoms with Gasteiger partial charge in [0.05, 0.1) is 14.2 Å². The molecule has 5 rings (SSSR count). The van der Waals surface area contributed by atoms with Gasteiger partial charge >= 0.3 is 0 Å². The number of rotatable bonds is 4. The number of benzene rings is 2. The molecule has 0 unspecified atom stereocenters. The maximum atomic E-state index is 5.84. The summed E-state index contributed by atoms with van der Waals surface area (Å²) in [6, 6.07) is 27.4. The summed E-state index contributed by atoms with van der Waals surface area (Å²) in [7, 11) is 3.17. The molecule has 0 aliphatic carbocycles. The van der Waals surface area contributed by atoms with Crippen LogP contribution in [-0.2, 0) is 0 Å². The van der Waals surface area contributed by atoms with Gasteiger partial charge in [-0.25, -0.2) is 0 Å². The Morgan fingerprint density at radius 3 is 1.85 bits per heavy atom. The predicted octanol–water partition coefficient (Wildman–Crippen LogP) is 4.33. The van der Waals surface area contributed by atoms with Crippen molar-refractivity contribution in [3.63, 3.8) is 0 Å². The second-order valence-corrected chi connectivity index (χ2v) is 7.01. The number of fused-ring (bicyclic) bond motifs is 1. The van der Waals surface area contributed by atoms with E-state index in [1.165, 1.54) is 0 Å². The second kappa shape index (κ2) is 9.69. The Labute approximate surface area is 191 Å². The van der Waals surface area contributed by atoms with Crippen molar-refractivity contribution in [2.45, 2.75) is 0 Å². The highest BCUT2D eigenvalue weighted by molar-refractivity contribution is 5.78. The third kappa shape index (κ3) is 4.69. The zero-order valence-electron chi connectivity index (χ0n) is 18.3. The minimum absolute atomic E-state index is 0.233. The standard InChI is InChI=1S/C13H12N4O.C12H12N2O/c1-18-11-8-7-10(9-5-3-2-4-6-9)12-15-13(14)16-17(11)12;1-15-11-8-7-10(12(13)14-11)9-5-3-2-4-6-9/h2-8H,1H3,(H2,14,16);2-8H,1H3,(H2,13,14). The van der Waals surface area contributed by atoms with Crippen molar-refractivity contribution in [2.24, 2.45) is 0 Å². The summed E-state index contributed by atoms with van der Waals surface area (Å²) in [4.78, 5) is 8.37. The van der Waals surface area contributed by atoms with E-state index in [-0.39, 0.29) is 5.95 Å². The molecule has 33 heavy (non-hydrogen) atoms. The summed E-state index contributed by atoms with van der Waals surface area (Å²) in [5.74, 6) is 1.86. The van der Waals surface area contributed by atoms with E-state index < -0.39 is 0 Å². The summed E-state index contributed by atoms with van der Waals surface area (Å²) < 4.78 is 11.8. The van der Waals surface area contributed by atoms with Crippen LogP contribution in [0.5, 0.6) is 11.8 Å². The molecule has 0 aliphatic heterocycles. The lowest BCUT2D eigenvalue weighted by Gasteiger charge is -2.06. The molecule has 0 fully saturated rings. The molecule has 5 aromatic rings. The maximum Gasteiger partial charge on any atom is 0.240 e. The lowest BCUT2D eigenvalue weighted by atomic mass is 10.1. The molecule has 2 aromatic carbocycles. The molecule has 4 N–H and O–H groups in total. The molecule has 0 atom stereocenters. The van der Waals surface area contributed by atoms with Gasteiger partial charge < -0.3 is 20.9 Å². The van der Waals surface area contributed by atoms with Gasteiger partial charge in [0, 0.05) is 23.3 Å². The van der Waals surface area contributed by atoms with Gasteiger partial charge in [-0.05, 0) is 23.3 Å². The van der Waals surface area contributed by atoms with Gasteiger partial charge in [-0.2, -0.15) is 14.5 Å². The highest BCUT2D eigenvalue weighted by Gasteiger charge is 2.11. The molecule has 3 heterocycles. The normalized spacial score (nSPS) is 10.4. The number of pyridine rings is 2. The summed E-state index contributed by atoms with van der Waals surface area (Å²) >= 11 is 0. The van der Waals surface area contributed by atoms with Gasteiger partial charge in [0.1, 0.15) is 5.82 Å². The number of methoxy groups -OCH3 is 2. The molecule has 8 nitrogen and oxygen atoms in total. The van der Waals surface area contributed by atoms with Gasteiger partial charge in [0.2, 0.25) is 17.7 Å². The molecule has 3 aromatic heterocycles. The molecule has 0 bridgehead atoms. The number of nitrogen functional groups attached to an aromatic ring is 2. The number of aromatic nitrogens is 4. The number of hydrogen-bond donors (Lipinski definition) is 2. The summed E-state index contributed by atoms with van der Waals surface area (Å²) in [5.41, 5.74) is 16.2. The van der Waals surface area contributed by atoms with Crippen LogP contribution in [0.3, 0.4) is 0 Å². The van der Waals surface area contributed by atoms with Gasteiger partial charge in [0.25, 0.3) is 0 Å². The number of ether oxygens (including phenoxy) is 2. The topological polar surface area (TPSA) is 114 Å². The smallest absolute Gasteiger partial charge is 0.240 e. The van der Waals surface area contributed by atoms with Crippen LogP contribution in [-0.4, -0.2) is 33.8 Å². The Hall–Kier alpha value is -4.59. The van der Waals surface area contributed by atoms with Crippen molar-refractivity contribution in [3.8, 4) is 34.0 Å². The largest absolute Gasteiger partial charge is 0.481 e. The number of nitrogens with zero attached hydrogens (tertiary/aromatic N) is 4. The average molecular weight is 441 g/mol. The third-order valence-corrected chi connectivity index (χ3v) is 4.95. The average Bonchev–Trinajstić information content (AvgIpc) is 3.26. The fraction of sp³-hybridized carbons (Fsp3) is 0.0800. The molecule has 0 amide bonds. The van der Waals surface area contributed by atoms with E-state index in [1.807, 2.05) is 78.9 Å². The lowest BCUT2D eigenvalue weighted by Crippen LogP contribution is -1.97. The van der Waals surface area contributed by atoms with Gasteiger partial charge in [-0.3, -0.25) is 0 Å². The first-order valence-corrected chi connectivity index (χ1v) is 10.2. The molecule has 0 aliphatic rings. The Morgan fingerprint density at radius 2 is 1.27 bits per heavy atom. The van der Waals surface area contributed by atoms with Crippen LogP contribution < -0.4 is 20.9 Å². The summed E-state index contributed by atoms with van der Waals surface area (Å²) in [5, 5.41) is 4.13. The second-order valence-electron chi connectivity index (χ2n) is 7.01. The van der Waals surface area contributed by atoms with Crippen LogP contribution in [0.2, 0.25) is 0 Å². The van der Waals surface area contributed by atoms with E-state index >= 15 is 0 Å². The Morgan fingerprint density at radius 1 is 0.667 bits per heavy atom. The van der Waals surface area contributed by atoms with Crippen molar-refractivity contribution < 1.29 is 9.47 Å². The zero-order chi connectivity index (χ0) is 23.2. The van der Waals surface area contributed by atoms with Crippen LogP contribution in [0.15, 0.2) is 84.9 Å². The Bertz CT molecular complexity index is 1350. The highest BCUT2D eigenvalue weighted by Crippen LogP contribution is 2.27. The van der Waals surface area contributed by atoms with E-state index in [0.717, 1.165) is 22.3 Å². The first-order chi connectivity index (χ1) is 16.1. The minimum atomic E-state index is 0.233. The lowest BCUT2D eigenvalue weighted by molar-refractivity contribution is 0.386. The van der Waals surface area contributed by atoms with Crippen molar-refractivity contribution in [2.75, 3.05) is 25.7 Å². The molecule has 0 radical (unpaired) electrons. The number of anilines is 2. The van der Waals surface area contributed by atoms with Gasteiger partial charge in [0.15, 0.2) is 5.65 Å². The molecular weight excluding hydrogens is 416 g/mol. The van der Waals surface area contributed by atoms with Crippen molar-refractivity contribution in [3.05, 3.63) is 84.9 Å². The van der Waals surface area contributed by atoms with Crippen molar-refractivity contribution in [1.82, 2.24) is 19.6 Å². The van der Waals surface area contributed by atoms with Crippen LogP contribution in [0, 0.1) is 0 Å². The summed E-state index contributed by atoms with van der Waals surface area (Å²) in [6.45, 7) is 0. The molecule has 0 saturated carbocycles. The van der Waals surface area contributed by atoms with Crippen molar-refractivity contribution >= 4 is 17.4 Å². The fourth-order valence-electron chi connectivity index (χ4n) is 3.39. The molecule has 166 valence electrons. The van der Waals surface area contributed by atoms with E-state index in [1.54, 1.807) is 24.8 Å². The van der Waals surface area contributed by atoms with E-state index in [9.17, 15) is 0 Å². The van der Waals surface area contributed by atoms with Crippen LogP contribution >= 0.6 is 0 Å². The minimum Gasteiger partial charge on any atom is -0.481 e. The van der Waals surface area contributed by atoms with E-state index in [0.29, 0.717) is 23.2 Å². The van der Waals surface area contributed by atoms with Crippen LogP contribution in [0.1, 0.15) is 0 Å². The quantitative estimate of drug-likeness (QED) is 0.428. The monoisotopic (exact) mass is 440 g/mol. The SMILES string of the molecule is COc1ccc(-c2ccccc2)c(N)n1.COc1ccc(-c2ccccc2)c2nc(N)nn12. The van der Waals surface area contributed by atoms with Crippen LogP contribution in [0.25, 0.3) is 27.9 Å². The van der Waals surface area contributed by atoms with Crippen molar-refractivity contribution in [1.29, 1.82) is 0 Å². The fourth-order valence-corrected chi connectivity index (χ4v) is 3.39. The maximum absolute atomic E-state index is 5.84. The molecule has 0 spiro atoms. The Kier molecular flexibility index (Phi) is 6.36. The van der Waals surface area contributed by atoms with E-state index in [4.69, 9.17) is 20.9 Å².